The summed E-state index contributed by atoms with van der Waals surface area (Å²) in [5, 5.41) is 9.13. The molecule has 0 aliphatic rings. The zero-order chi connectivity index (χ0) is 17.5. The largest absolute Gasteiger partial charge is 0.483 e. The van der Waals surface area contributed by atoms with Gasteiger partial charge in [0.15, 0.2) is 17.1 Å². The first kappa shape index (κ1) is 18.3. The Bertz CT molecular complexity index is 687. The van der Waals surface area contributed by atoms with Gasteiger partial charge < -0.3 is 14.0 Å². The molecule has 0 N–H and O–H groups in total. The third-order valence-corrected chi connectivity index (χ3v) is 4.29. The molecule has 0 saturated heterocycles. The van der Waals surface area contributed by atoms with Crippen molar-refractivity contribution in [1.29, 1.82) is 0 Å². The van der Waals surface area contributed by atoms with Crippen LogP contribution in [0.15, 0.2) is 29.4 Å². The van der Waals surface area contributed by atoms with E-state index in [0.29, 0.717) is 18.3 Å². The van der Waals surface area contributed by atoms with Crippen LogP contribution in [-0.2, 0) is 16.1 Å². The summed E-state index contributed by atoms with van der Waals surface area (Å²) >= 11 is 1.33. The van der Waals surface area contributed by atoms with Crippen molar-refractivity contribution >= 4 is 17.7 Å². The molecule has 0 amide bonds. The molecule has 1 unspecified atom stereocenters. The van der Waals surface area contributed by atoms with Gasteiger partial charge >= 0.3 is 5.97 Å². The predicted molar refractivity (Wildman–Crippen MR) is 93.3 cm³/mol. The number of esters is 1. The molecule has 0 aliphatic carbocycles. The molecule has 24 heavy (non-hydrogen) atoms. The highest BCUT2D eigenvalue weighted by molar-refractivity contribution is 7.99. The molecule has 0 spiro atoms. The standard InChI is InChI=1S/C17H23N3O3S/c1-5-20-16(13(4)23-14-9-7-8-12(3)10-14)18-19-17(20)24-11-15(21)22-6-2/h7-10,13H,5-6,11H2,1-4H3. The van der Waals surface area contributed by atoms with Crippen LogP contribution in [0.1, 0.15) is 38.3 Å². The smallest absolute Gasteiger partial charge is 0.316 e. The first-order valence-corrected chi connectivity index (χ1v) is 8.98. The molecule has 6 nitrogen and oxygen atoms in total. The number of ether oxygens (including phenoxy) is 2. The van der Waals surface area contributed by atoms with Gasteiger partial charge in [0.2, 0.25) is 0 Å². The van der Waals surface area contributed by atoms with Gasteiger partial charge in [-0.3, -0.25) is 4.79 Å². The van der Waals surface area contributed by atoms with Gasteiger partial charge in [-0.15, -0.1) is 10.2 Å². The van der Waals surface area contributed by atoms with Gasteiger partial charge in [0.05, 0.1) is 12.4 Å². The van der Waals surface area contributed by atoms with E-state index in [4.69, 9.17) is 9.47 Å². The van der Waals surface area contributed by atoms with E-state index < -0.39 is 0 Å². The molecule has 0 saturated carbocycles. The normalized spacial score (nSPS) is 12.0. The molecule has 1 aromatic carbocycles. The Kier molecular flexibility index (Phi) is 6.66. The molecule has 0 aliphatic heterocycles. The quantitative estimate of drug-likeness (QED) is 0.537. The summed E-state index contributed by atoms with van der Waals surface area (Å²) in [5.41, 5.74) is 1.14. The molecule has 2 aromatic rings. The van der Waals surface area contributed by atoms with Crippen LogP contribution in [0.4, 0.5) is 0 Å². The van der Waals surface area contributed by atoms with Crippen LogP contribution < -0.4 is 4.74 Å². The molecule has 1 atom stereocenters. The van der Waals surface area contributed by atoms with Crippen molar-refractivity contribution in [1.82, 2.24) is 14.8 Å². The molecule has 1 aromatic heterocycles. The maximum absolute atomic E-state index is 11.5. The Morgan fingerprint density at radius 2 is 2.12 bits per heavy atom. The number of aromatic nitrogens is 3. The van der Waals surface area contributed by atoms with Crippen molar-refractivity contribution < 1.29 is 14.3 Å². The van der Waals surface area contributed by atoms with Crippen LogP contribution in [0.25, 0.3) is 0 Å². The summed E-state index contributed by atoms with van der Waals surface area (Å²) in [5.74, 6) is 1.51. The average Bonchev–Trinajstić information content (AvgIpc) is 2.96. The maximum Gasteiger partial charge on any atom is 0.316 e. The Balaban J connectivity index is 2.08. The zero-order valence-electron chi connectivity index (χ0n) is 14.5. The zero-order valence-corrected chi connectivity index (χ0v) is 15.3. The first-order chi connectivity index (χ1) is 11.5. The van der Waals surface area contributed by atoms with E-state index >= 15 is 0 Å². The van der Waals surface area contributed by atoms with Crippen LogP contribution in [0.5, 0.6) is 5.75 Å². The van der Waals surface area contributed by atoms with Crippen molar-refractivity contribution in [3.8, 4) is 5.75 Å². The third kappa shape index (κ3) is 4.74. The lowest BCUT2D eigenvalue weighted by atomic mass is 10.2. The van der Waals surface area contributed by atoms with Gasteiger partial charge in [-0.2, -0.15) is 0 Å². The molecule has 1 heterocycles. The highest BCUT2D eigenvalue weighted by atomic mass is 32.2. The van der Waals surface area contributed by atoms with Gasteiger partial charge in [-0.05, 0) is 45.4 Å². The number of nitrogens with zero attached hydrogens (tertiary/aromatic N) is 3. The minimum atomic E-state index is -0.251. The molecular weight excluding hydrogens is 326 g/mol. The van der Waals surface area contributed by atoms with Gasteiger partial charge in [-0.25, -0.2) is 0 Å². The molecule has 0 bridgehead atoms. The van der Waals surface area contributed by atoms with Crippen LogP contribution >= 0.6 is 11.8 Å². The highest BCUT2D eigenvalue weighted by Gasteiger charge is 2.19. The van der Waals surface area contributed by atoms with E-state index in [0.717, 1.165) is 17.1 Å². The van der Waals surface area contributed by atoms with Crippen LogP contribution in [-0.4, -0.2) is 33.1 Å². The Labute approximate surface area is 146 Å². The monoisotopic (exact) mass is 349 g/mol. The number of carbonyl (C=O) groups is 1. The van der Waals surface area contributed by atoms with E-state index in [2.05, 4.69) is 10.2 Å². The second-order valence-electron chi connectivity index (χ2n) is 5.26. The fourth-order valence-corrected chi connectivity index (χ4v) is 3.08. The Morgan fingerprint density at radius 3 is 2.79 bits per heavy atom. The minimum absolute atomic E-state index is 0.221. The second kappa shape index (κ2) is 8.73. The second-order valence-corrected chi connectivity index (χ2v) is 6.20. The number of aryl methyl sites for hydroxylation is 1. The summed E-state index contributed by atoms with van der Waals surface area (Å²) < 4.78 is 12.9. The van der Waals surface area contributed by atoms with Crippen molar-refractivity contribution in [2.24, 2.45) is 0 Å². The van der Waals surface area contributed by atoms with E-state index in [1.54, 1.807) is 6.92 Å². The lowest BCUT2D eigenvalue weighted by molar-refractivity contribution is -0.139. The number of rotatable bonds is 8. The van der Waals surface area contributed by atoms with Crippen LogP contribution in [0.2, 0.25) is 0 Å². The summed E-state index contributed by atoms with van der Waals surface area (Å²) in [6.45, 7) is 8.86. The van der Waals surface area contributed by atoms with Crippen molar-refractivity contribution in [2.45, 2.75) is 45.5 Å². The molecule has 130 valence electrons. The fourth-order valence-electron chi connectivity index (χ4n) is 2.28. The molecule has 0 radical (unpaired) electrons. The van der Waals surface area contributed by atoms with Crippen LogP contribution in [0.3, 0.4) is 0 Å². The number of carbonyl (C=O) groups excluding carboxylic acids is 1. The number of hydrogen-bond acceptors (Lipinski definition) is 6. The molecular formula is C17H23N3O3S. The van der Waals surface area contributed by atoms with Crippen molar-refractivity contribution in [2.75, 3.05) is 12.4 Å². The minimum Gasteiger partial charge on any atom is -0.483 e. The SMILES string of the molecule is CCOC(=O)CSc1nnc(C(C)Oc2cccc(C)c2)n1CC. The summed E-state index contributed by atoms with van der Waals surface area (Å²) in [7, 11) is 0. The first-order valence-electron chi connectivity index (χ1n) is 8.00. The highest BCUT2D eigenvalue weighted by Crippen LogP contribution is 2.25. The summed E-state index contributed by atoms with van der Waals surface area (Å²) in [6, 6.07) is 7.89. The maximum atomic E-state index is 11.5. The van der Waals surface area contributed by atoms with Crippen molar-refractivity contribution in [3.05, 3.63) is 35.7 Å². The van der Waals surface area contributed by atoms with Gasteiger partial charge in [-0.1, -0.05) is 23.9 Å². The van der Waals surface area contributed by atoms with Gasteiger partial charge in [0, 0.05) is 6.54 Å². The lowest BCUT2D eigenvalue weighted by Gasteiger charge is -2.15. The van der Waals surface area contributed by atoms with E-state index in [9.17, 15) is 4.79 Å². The van der Waals surface area contributed by atoms with E-state index in [-0.39, 0.29) is 17.8 Å². The van der Waals surface area contributed by atoms with E-state index in [1.807, 2.05) is 49.6 Å². The van der Waals surface area contributed by atoms with Gasteiger partial charge in [0.25, 0.3) is 0 Å². The fraction of sp³-hybridized carbons (Fsp3) is 0.471. The molecule has 2 rings (SSSR count). The Hall–Kier alpha value is -2.02. The van der Waals surface area contributed by atoms with Gasteiger partial charge in [0.1, 0.15) is 5.75 Å². The molecule has 0 fully saturated rings. The molecule has 7 heteroatoms. The Morgan fingerprint density at radius 1 is 1.33 bits per heavy atom. The number of benzene rings is 1. The average molecular weight is 349 g/mol. The lowest BCUT2D eigenvalue weighted by Crippen LogP contribution is -2.12. The predicted octanol–water partition coefficient (Wildman–Crippen LogP) is 3.40. The third-order valence-electron chi connectivity index (χ3n) is 3.35. The summed E-state index contributed by atoms with van der Waals surface area (Å²) in [6.07, 6.45) is -0.240. The van der Waals surface area contributed by atoms with E-state index in [1.165, 1.54) is 11.8 Å². The topological polar surface area (TPSA) is 66.2 Å². The van der Waals surface area contributed by atoms with Crippen molar-refractivity contribution in [3.63, 3.8) is 0 Å². The number of thioether (sulfide) groups is 1. The van der Waals surface area contributed by atoms with Crippen LogP contribution in [0, 0.1) is 6.92 Å². The number of hydrogen-bond donors (Lipinski definition) is 0. The summed E-state index contributed by atoms with van der Waals surface area (Å²) in [4.78, 5) is 11.5.